The van der Waals surface area contributed by atoms with Crippen molar-refractivity contribution in [2.24, 2.45) is 5.92 Å². The zero-order valence-corrected chi connectivity index (χ0v) is 9.18. The van der Waals surface area contributed by atoms with Gasteiger partial charge in [0.2, 0.25) is 5.24 Å². The van der Waals surface area contributed by atoms with E-state index in [9.17, 15) is 18.0 Å². The third-order valence-electron chi connectivity index (χ3n) is 2.51. The molecule has 2 nitrogen and oxygen atoms in total. The monoisotopic (exact) mass is 254 g/mol. The molecule has 0 radical (unpaired) electrons. The van der Waals surface area contributed by atoms with Crippen LogP contribution in [0, 0.1) is 5.92 Å². The third-order valence-corrected chi connectivity index (χ3v) is 2.66. The molecule has 6 heteroatoms. The maximum atomic E-state index is 12.9. The molecule has 0 saturated heterocycles. The van der Waals surface area contributed by atoms with Crippen LogP contribution >= 0.6 is 11.6 Å². The van der Waals surface area contributed by atoms with E-state index in [-0.39, 0.29) is 0 Å². The van der Waals surface area contributed by atoms with Gasteiger partial charge in [-0.25, -0.2) is 0 Å². The Hall–Kier alpha value is -0.810. The van der Waals surface area contributed by atoms with Crippen LogP contribution in [-0.2, 0) is 9.53 Å². The Kier molecular flexibility index (Phi) is 3.80. The highest BCUT2D eigenvalue weighted by Crippen LogP contribution is 2.44. The number of alkyl halides is 3. The molecule has 0 fully saturated rings. The molecule has 0 aliphatic heterocycles. The minimum absolute atomic E-state index is 0.421. The number of methoxy groups -OCH3 is 1. The number of hydrogen-bond acceptors (Lipinski definition) is 2. The van der Waals surface area contributed by atoms with Gasteiger partial charge in [0.1, 0.15) is 0 Å². The number of allylic oxidation sites excluding steroid dienone is 2. The van der Waals surface area contributed by atoms with Crippen molar-refractivity contribution >= 4 is 16.8 Å². The molecular weight excluding hydrogens is 245 g/mol. The molecule has 0 N–H and O–H groups in total. The van der Waals surface area contributed by atoms with Crippen LogP contribution in [0.5, 0.6) is 0 Å². The smallest absolute Gasteiger partial charge is 0.364 e. The summed E-state index contributed by atoms with van der Waals surface area (Å²) in [6, 6.07) is 0. The fourth-order valence-electron chi connectivity index (χ4n) is 1.70. The number of carbonyl (C=O) groups excluding carboxylic acids is 1. The first kappa shape index (κ1) is 13.3. The lowest BCUT2D eigenvalue weighted by Crippen LogP contribution is -2.51. The van der Waals surface area contributed by atoms with E-state index in [1.807, 2.05) is 0 Å². The van der Waals surface area contributed by atoms with E-state index in [4.69, 9.17) is 11.6 Å². The third kappa shape index (κ3) is 2.30. The minimum Gasteiger partial charge on any atom is -0.364 e. The average molecular weight is 255 g/mol. The van der Waals surface area contributed by atoms with Gasteiger partial charge in [-0.05, 0) is 17.7 Å². The second kappa shape index (κ2) is 4.59. The van der Waals surface area contributed by atoms with Crippen LogP contribution in [0.25, 0.3) is 0 Å². The summed E-state index contributed by atoms with van der Waals surface area (Å²) < 4.78 is 43.4. The van der Waals surface area contributed by atoms with Crippen molar-refractivity contribution in [1.29, 1.82) is 0 Å². The van der Waals surface area contributed by atoms with Crippen LogP contribution in [0.2, 0.25) is 0 Å². The molecule has 2 atom stereocenters. The number of rotatable bonds is 3. The van der Waals surface area contributed by atoms with Gasteiger partial charge in [-0.15, -0.1) is 0 Å². The van der Waals surface area contributed by atoms with Crippen molar-refractivity contribution in [3.63, 3.8) is 0 Å². The lowest BCUT2D eigenvalue weighted by Gasteiger charge is -2.38. The molecular formula is C10H10ClF3O2. The van der Waals surface area contributed by atoms with Gasteiger partial charge >= 0.3 is 6.18 Å². The lowest BCUT2D eigenvalue weighted by molar-refractivity contribution is -0.262. The fraction of sp³-hybridized carbons (Fsp3) is 0.500. The molecule has 0 spiro atoms. The summed E-state index contributed by atoms with van der Waals surface area (Å²) in [7, 11) is 0.961. The Morgan fingerprint density at radius 3 is 2.56 bits per heavy atom. The molecule has 0 heterocycles. The summed E-state index contributed by atoms with van der Waals surface area (Å²) >= 11 is 5.13. The normalized spacial score (nSPS) is 29.4. The van der Waals surface area contributed by atoms with E-state index in [1.165, 1.54) is 18.2 Å². The number of halogens is 4. The van der Waals surface area contributed by atoms with Crippen molar-refractivity contribution in [2.75, 3.05) is 7.11 Å². The molecule has 1 aliphatic carbocycles. The van der Waals surface area contributed by atoms with Crippen LogP contribution < -0.4 is 0 Å². The molecule has 1 unspecified atom stereocenters. The first-order valence-electron chi connectivity index (χ1n) is 4.49. The maximum Gasteiger partial charge on any atom is 0.421 e. The van der Waals surface area contributed by atoms with E-state index in [0.717, 1.165) is 13.2 Å². The van der Waals surface area contributed by atoms with Crippen molar-refractivity contribution in [1.82, 2.24) is 0 Å². The Bertz CT molecular complexity index is 335. The SMILES string of the molecule is COC1(C(F)(F)F)C=CC=C[C@H]1CC(=O)Cl. The molecule has 1 rings (SSSR count). The van der Waals surface area contributed by atoms with Gasteiger partial charge in [0.25, 0.3) is 0 Å². The van der Waals surface area contributed by atoms with E-state index < -0.39 is 29.4 Å². The summed E-state index contributed by atoms with van der Waals surface area (Å²) in [6.07, 6.45) is -0.162. The van der Waals surface area contributed by atoms with E-state index in [2.05, 4.69) is 4.74 Å². The van der Waals surface area contributed by atoms with Gasteiger partial charge in [0.05, 0.1) is 0 Å². The van der Waals surface area contributed by atoms with E-state index >= 15 is 0 Å². The summed E-state index contributed by atoms with van der Waals surface area (Å²) in [5.41, 5.74) is -2.47. The van der Waals surface area contributed by atoms with E-state index in [1.54, 1.807) is 0 Å². The van der Waals surface area contributed by atoms with Gasteiger partial charge < -0.3 is 4.74 Å². The van der Waals surface area contributed by atoms with Gasteiger partial charge in [-0.2, -0.15) is 13.2 Å². The second-order valence-corrected chi connectivity index (χ2v) is 3.83. The largest absolute Gasteiger partial charge is 0.421 e. The highest BCUT2D eigenvalue weighted by atomic mass is 35.5. The average Bonchev–Trinajstić information content (AvgIpc) is 2.16. The molecule has 0 aromatic rings. The van der Waals surface area contributed by atoms with Crippen LogP contribution in [0.4, 0.5) is 13.2 Å². The molecule has 0 saturated carbocycles. The molecule has 16 heavy (non-hydrogen) atoms. The van der Waals surface area contributed by atoms with Crippen molar-refractivity contribution < 1.29 is 22.7 Å². The van der Waals surface area contributed by atoms with Crippen LogP contribution in [0.15, 0.2) is 24.3 Å². The molecule has 1 aliphatic rings. The fourth-order valence-corrected chi connectivity index (χ4v) is 1.86. The van der Waals surface area contributed by atoms with Gasteiger partial charge in [0, 0.05) is 19.4 Å². The molecule has 0 aromatic heterocycles. The first-order chi connectivity index (χ1) is 7.33. The Morgan fingerprint density at radius 2 is 2.12 bits per heavy atom. The molecule has 0 aromatic carbocycles. The topological polar surface area (TPSA) is 26.3 Å². The summed E-state index contributed by atoms with van der Waals surface area (Å²) in [6.45, 7) is 0. The summed E-state index contributed by atoms with van der Waals surface area (Å²) in [5.74, 6) is -1.13. The zero-order chi connectivity index (χ0) is 12.4. The van der Waals surface area contributed by atoms with Gasteiger partial charge in [0.15, 0.2) is 5.60 Å². The quantitative estimate of drug-likeness (QED) is 0.724. The Labute approximate surface area is 95.7 Å². The van der Waals surface area contributed by atoms with Crippen molar-refractivity contribution in [3.05, 3.63) is 24.3 Å². The van der Waals surface area contributed by atoms with Crippen molar-refractivity contribution in [2.45, 2.75) is 18.2 Å². The maximum absolute atomic E-state index is 12.9. The van der Waals surface area contributed by atoms with E-state index in [0.29, 0.717) is 0 Å². The van der Waals surface area contributed by atoms with Gasteiger partial charge in [-0.3, -0.25) is 4.79 Å². The number of hydrogen-bond donors (Lipinski definition) is 0. The van der Waals surface area contributed by atoms with Crippen LogP contribution in [0.3, 0.4) is 0 Å². The second-order valence-electron chi connectivity index (χ2n) is 3.40. The predicted molar refractivity (Wildman–Crippen MR) is 53.0 cm³/mol. The Balaban J connectivity index is 3.09. The predicted octanol–water partition coefficient (Wildman–Crippen LogP) is 2.83. The van der Waals surface area contributed by atoms with Crippen molar-refractivity contribution in [3.8, 4) is 0 Å². The minimum atomic E-state index is -4.60. The number of carbonyl (C=O) groups is 1. The lowest BCUT2D eigenvalue weighted by atomic mass is 9.81. The highest BCUT2D eigenvalue weighted by Gasteiger charge is 2.58. The molecule has 90 valence electrons. The van der Waals surface area contributed by atoms with Crippen LogP contribution in [0.1, 0.15) is 6.42 Å². The summed E-state index contributed by atoms with van der Waals surface area (Å²) in [4.78, 5) is 10.7. The van der Waals surface area contributed by atoms with Crippen LogP contribution in [-0.4, -0.2) is 24.1 Å². The van der Waals surface area contributed by atoms with Gasteiger partial charge in [-0.1, -0.05) is 18.2 Å². The number of ether oxygens (including phenoxy) is 1. The zero-order valence-electron chi connectivity index (χ0n) is 8.42. The molecule has 0 amide bonds. The standard InChI is InChI=1S/C10H10ClF3O2/c1-16-9(10(12,13)14)5-3-2-4-7(9)6-8(11)15/h2-5,7H,6H2,1H3/t7-,9?/m0/s1. The Morgan fingerprint density at radius 1 is 1.50 bits per heavy atom. The first-order valence-corrected chi connectivity index (χ1v) is 4.87. The molecule has 0 bridgehead atoms. The summed E-state index contributed by atoms with van der Waals surface area (Å²) in [5, 5.41) is -0.823. The highest BCUT2D eigenvalue weighted by molar-refractivity contribution is 6.63.